The maximum atomic E-state index is 5.67. The molecule has 0 radical (unpaired) electrons. The molecule has 2 rings (SSSR count). The van der Waals surface area contributed by atoms with E-state index in [1.807, 2.05) is 6.26 Å². The van der Waals surface area contributed by atoms with E-state index in [-0.39, 0.29) is 0 Å². The quantitative estimate of drug-likeness (QED) is 0.798. The summed E-state index contributed by atoms with van der Waals surface area (Å²) in [6.07, 6.45) is 5.65. The standard InChI is InChI=1S/C16H28N2O/c1-4-7-17-11-14-10-15(19-13-14)12-18-8-5-16(2,3)6-9-18/h10,13,17H,4-9,11-12H2,1-3H3. The van der Waals surface area contributed by atoms with Crippen molar-refractivity contribution in [2.75, 3.05) is 19.6 Å². The molecule has 0 spiro atoms. The predicted molar refractivity (Wildman–Crippen MR) is 79.0 cm³/mol. The molecule has 1 N–H and O–H groups in total. The number of piperidine rings is 1. The number of likely N-dealkylation sites (tertiary alicyclic amines) is 1. The molecule has 3 nitrogen and oxygen atoms in total. The molecule has 0 aromatic carbocycles. The third-order valence-corrected chi connectivity index (χ3v) is 4.05. The Bertz CT molecular complexity index is 374. The second kappa shape index (κ2) is 6.58. The minimum absolute atomic E-state index is 0.523. The van der Waals surface area contributed by atoms with E-state index in [1.54, 1.807) is 0 Å². The topological polar surface area (TPSA) is 28.4 Å². The minimum Gasteiger partial charge on any atom is -0.468 e. The van der Waals surface area contributed by atoms with Crippen LogP contribution < -0.4 is 5.32 Å². The molecule has 19 heavy (non-hydrogen) atoms. The van der Waals surface area contributed by atoms with Crippen molar-refractivity contribution in [1.29, 1.82) is 0 Å². The van der Waals surface area contributed by atoms with Gasteiger partial charge in [-0.1, -0.05) is 20.8 Å². The summed E-state index contributed by atoms with van der Waals surface area (Å²) >= 11 is 0. The summed E-state index contributed by atoms with van der Waals surface area (Å²) in [4.78, 5) is 2.51. The zero-order valence-corrected chi connectivity index (χ0v) is 12.7. The molecule has 2 heterocycles. The maximum absolute atomic E-state index is 5.67. The van der Waals surface area contributed by atoms with Crippen LogP contribution in [-0.4, -0.2) is 24.5 Å². The molecule has 1 aliphatic heterocycles. The lowest BCUT2D eigenvalue weighted by molar-refractivity contribution is 0.120. The highest BCUT2D eigenvalue weighted by Gasteiger charge is 2.25. The Hall–Kier alpha value is -0.800. The van der Waals surface area contributed by atoms with Crippen LogP contribution in [0.1, 0.15) is 51.4 Å². The molecular weight excluding hydrogens is 236 g/mol. The monoisotopic (exact) mass is 264 g/mol. The molecule has 1 fully saturated rings. The van der Waals surface area contributed by atoms with E-state index in [2.05, 4.69) is 37.1 Å². The van der Waals surface area contributed by atoms with E-state index in [0.717, 1.165) is 25.4 Å². The first-order valence-corrected chi connectivity index (χ1v) is 7.58. The van der Waals surface area contributed by atoms with Crippen LogP contribution in [0.4, 0.5) is 0 Å². The smallest absolute Gasteiger partial charge is 0.118 e. The zero-order valence-electron chi connectivity index (χ0n) is 12.7. The van der Waals surface area contributed by atoms with Gasteiger partial charge in [0.15, 0.2) is 0 Å². The first-order chi connectivity index (χ1) is 9.09. The van der Waals surface area contributed by atoms with Gasteiger partial charge in [-0.2, -0.15) is 0 Å². The van der Waals surface area contributed by atoms with Gasteiger partial charge in [0.2, 0.25) is 0 Å². The fourth-order valence-electron chi connectivity index (χ4n) is 2.55. The van der Waals surface area contributed by atoms with Crippen LogP contribution in [0.15, 0.2) is 16.7 Å². The van der Waals surface area contributed by atoms with Crippen molar-refractivity contribution in [2.45, 2.75) is 53.1 Å². The van der Waals surface area contributed by atoms with Gasteiger partial charge in [-0.3, -0.25) is 4.90 Å². The number of hydrogen-bond donors (Lipinski definition) is 1. The highest BCUT2D eigenvalue weighted by Crippen LogP contribution is 2.30. The number of nitrogens with one attached hydrogen (secondary N) is 1. The second-order valence-electron chi connectivity index (χ2n) is 6.54. The van der Waals surface area contributed by atoms with Crippen molar-refractivity contribution in [1.82, 2.24) is 10.2 Å². The average Bonchev–Trinajstić information content (AvgIpc) is 2.80. The number of nitrogens with zero attached hydrogens (tertiary/aromatic N) is 1. The minimum atomic E-state index is 0.523. The van der Waals surface area contributed by atoms with Gasteiger partial charge >= 0.3 is 0 Å². The van der Waals surface area contributed by atoms with E-state index in [9.17, 15) is 0 Å². The zero-order chi connectivity index (χ0) is 13.7. The lowest BCUT2D eigenvalue weighted by Crippen LogP contribution is -2.36. The summed E-state index contributed by atoms with van der Waals surface area (Å²) in [5.74, 6) is 1.10. The third kappa shape index (κ3) is 4.66. The third-order valence-electron chi connectivity index (χ3n) is 4.05. The van der Waals surface area contributed by atoms with Gasteiger partial charge < -0.3 is 9.73 Å². The van der Waals surface area contributed by atoms with Crippen molar-refractivity contribution in [2.24, 2.45) is 5.41 Å². The van der Waals surface area contributed by atoms with Crippen LogP contribution in [-0.2, 0) is 13.1 Å². The summed E-state index contributed by atoms with van der Waals surface area (Å²) in [7, 11) is 0. The first-order valence-electron chi connectivity index (χ1n) is 7.58. The van der Waals surface area contributed by atoms with E-state index in [1.165, 1.54) is 37.9 Å². The van der Waals surface area contributed by atoms with Crippen molar-refractivity contribution in [3.05, 3.63) is 23.7 Å². The Balaban J connectivity index is 1.77. The average molecular weight is 264 g/mol. The van der Waals surface area contributed by atoms with E-state index in [0.29, 0.717) is 5.41 Å². The molecule has 0 bridgehead atoms. The van der Waals surface area contributed by atoms with Crippen molar-refractivity contribution < 1.29 is 4.42 Å². The van der Waals surface area contributed by atoms with Crippen LogP contribution in [0.25, 0.3) is 0 Å². The molecule has 0 unspecified atom stereocenters. The van der Waals surface area contributed by atoms with Crippen LogP contribution in [0, 0.1) is 5.41 Å². The summed E-state index contributed by atoms with van der Waals surface area (Å²) in [6.45, 7) is 12.3. The summed E-state index contributed by atoms with van der Waals surface area (Å²) in [5.41, 5.74) is 1.79. The lowest BCUT2D eigenvalue weighted by atomic mass is 9.83. The van der Waals surface area contributed by atoms with Gasteiger partial charge in [0.25, 0.3) is 0 Å². The molecule has 3 heteroatoms. The van der Waals surface area contributed by atoms with Crippen molar-refractivity contribution in [3.63, 3.8) is 0 Å². The molecule has 0 amide bonds. The first kappa shape index (κ1) is 14.6. The summed E-state index contributed by atoms with van der Waals surface area (Å²) in [5, 5.41) is 3.41. The summed E-state index contributed by atoms with van der Waals surface area (Å²) in [6, 6.07) is 2.20. The second-order valence-corrected chi connectivity index (χ2v) is 6.54. The molecule has 0 aliphatic carbocycles. The maximum Gasteiger partial charge on any atom is 0.118 e. The number of furan rings is 1. The van der Waals surface area contributed by atoms with Gasteiger partial charge in [0, 0.05) is 12.1 Å². The Morgan fingerprint density at radius 2 is 2.05 bits per heavy atom. The molecule has 0 atom stereocenters. The number of rotatable bonds is 6. The highest BCUT2D eigenvalue weighted by atomic mass is 16.3. The Kier molecular flexibility index (Phi) is 5.06. The SMILES string of the molecule is CCCNCc1coc(CN2CCC(C)(C)CC2)c1. The Morgan fingerprint density at radius 1 is 1.32 bits per heavy atom. The van der Waals surface area contributed by atoms with Crippen LogP contribution >= 0.6 is 0 Å². The molecule has 1 aliphatic rings. The van der Waals surface area contributed by atoms with Gasteiger partial charge in [0.05, 0.1) is 12.8 Å². The van der Waals surface area contributed by atoms with Gasteiger partial charge in [-0.25, -0.2) is 0 Å². The predicted octanol–water partition coefficient (Wildman–Crippen LogP) is 3.40. The van der Waals surface area contributed by atoms with Crippen molar-refractivity contribution in [3.8, 4) is 0 Å². The van der Waals surface area contributed by atoms with Gasteiger partial charge in [-0.15, -0.1) is 0 Å². The van der Waals surface area contributed by atoms with Crippen LogP contribution in [0.5, 0.6) is 0 Å². The molecular formula is C16H28N2O. The molecule has 1 aromatic rings. The number of hydrogen-bond acceptors (Lipinski definition) is 3. The van der Waals surface area contributed by atoms with Crippen LogP contribution in [0.3, 0.4) is 0 Å². The van der Waals surface area contributed by atoms with Gasteiger partial charge in [-0.05, 0) is 50.4 Å². The normalized spacial score (nSPS) is 19.7. The fraction of sp³-hybridized carbons (Fsp3) is 0.750. The lowest BCUT2D eigenvalue weighted by Gasteiger charge is -2.36. The van der Waals surface area contributed by atoms with E-state index in [4.69, 9.17) is 4.42 Å². The Labute approximate surface area is 117 Å². The van der Waals surface area contributed by atoms with Gasteiger partial charge in [0.1, 0.15) is 5.76 Å². The molecule has 0 saturated carbocycles. The Morgan fingerprint density at radius 3 is 2.74 bits per heavy atom. The van der Waals surface area contributed by atoms with E-state index < -0.39 is 0 Å². The van der Waals surface area contributed by atoms with E-state index >= 15 is 0 Å². The van der Waals surface area contributed by atoms with Crippen molar-refractivity contribution >= 4 is 0 Å². The molecule has 108 valence electrons. The summed E-state index contributed by atoms with van der Waals surface area (Å²) < 4.78 is 5.67. The van der Waals surface area contributed by atoms with Crippen LogP contribution in [0.2, 0.25) is 0 Å². The highest BCUT2D eigenvalue weighted by molar-refractivity contribution is 5.12. The fourth-order valence-corrected chi connectivity index (χ4v) is 2.55. The largest absolute Gasteiger partial charge is 0.468 e. The molecule has 1 aromatic heterocycles. The molecule has 1 saturated heterocycles.